The Bertz CT molecular complexity index is 288. The molecule has 0 aromatic heterocycles. The number of hydrogen-bond donors (Lipinski definition) is 2. The number of carbonyl (C=O) groups is 1. The number of hydrogen-bond acceptors (Lipinski definition) is 3. The summed E-state index contributed by atoms with van der Waals surface area (Å²) in [5.74, 6) is -0.396. The highest BCUT2D eigenvalue weighted by molar-refractivity contribution is 5.78. The van der Waals surface area contributed by atoms with Crippen LogP contribution in [0.2, 0.25) is 0 Å². The number of rotatable bonds is 6. The molecule has 0 aliphatic heterocycles. The van der Waals surface area contributed by atoms with Crippen LogP contribution in [0.25, 0.3) is 0 Å². The monoisotopic (exact) mass is 267 g/mol. The molecule has 0 unspecified atom stereocenters. The van der Waals surface area contributed by atoms with Gasteiger partial charge in [-0.05, 0) is 33.4 Å². The summed E-state index contributed by atoms with van der Waals surface area (Å²) in [5, 5.41) is 4.76. The lowest BCUT2D eigenvalue weighted by molar-refractivity contribution is -0.128. The molecule has 18 heavy (non-hydrogen) atoms. The number of nitrogens with one attached hydrogen (secondary N) is 2. The summed E-state index contributed by atoms with van der Waals surface area (Å²) in [7, 11) is 3.90. The van der Waals surface area contributed by atoms with E-state index in [4.69, 9.17) is 0 Å². The maximum absolute atomic E-state index is 11.8. The summed E-state index contributed by atoms with van der Waals surface area (Å²) in [6, 6.07) is 0. The average molecular weight is 267 g/mol. The van der Waals surface area contributed by atoms with Crippen LogP contribution in [0.5, 0.6) is 0 Å². The van der Waals surface area contributed by atoms with Gasteiger partial charge < -0.3 is 15.5 Å². The summed E-state index contributed by atoms with van der Waals surface area (Å²) in [4.78, 5) is 13.4. The van der Waals surface area contributed by atoms with E-state index in [9.17, 15) is 18.0 Å². The van der Waals surface area contributed by atoms with Gasteiger partial charge in [-0.3, -0.25) is 4.79 Å². The highest BCUT2D eigenvalue weighted by Gasteiger charge is 2.39. The third kappa shape index (κ3) is 4.45. The molecule has 106 valence electrons. The van der Waals surface area contributed by atoms with Crippen LogP contribution >= 0.6 is 0 Å². The molecule has 1 fully saturated rings. The lowest BCUT2D eigenvalue weighted by Gasteiger charge is -2.47. The minimum absolute atomic E-state index is 0.0142. The number of nitrogens with zero attached hydrogens (tertiary/aromatic N) is 1. The van der Waals surface area contributed by atoms with Crippen molar-refractivity contribution in [2.75, 3.05) is 33.7 Å². The first kappa shape index (κ1) is 15.2. The van der Waals surface area contributed by atoms with Crippen LogP contribution in [0.15, 0.2) is 0 Å². The van der Waals surface area contributed by atoms with E-state index in [1.165, 1.54) is 0 Å². The molecule has 4 nitrogen and oxygen atoms in total. The van der Waals surface area contributed by atoms with E-state index < -0.39 is 18.6 Å². The second-order valence-corrected chi connectivity index (χ2v) is 4.97. The van der Waals surface area contributed by atoms with E-state index in [0.717, 1.165) is 19.3 Å². The number of carbonyl (C=O) groups excluding carboxylic acids is 1. The van der Waals surface area contributed by atoms with Gasteiger partial charge in [-0.25, -0.2) is 0 Å². The maximum atomic E-state index is 11.8. The molecular formula is C11H20F3N3O. The lowest BCUT2D eigenvalue weighted by Crippen LogP contribution is -2.57. The summed E-state index contributed by atoms with van der Waals surface area (Å²) in [6.45, 7) is -0.950. The lowest BCUT2D eigenvalue weighted by atomic mass is 9.75. The summed E-state index contributed by atoms with van der Waals surface area (Å²) < 4.78 is 35.5. The first-order valence-electron chi connectivity index (χ1n) is 5.97. The Morgan fingerprint density at radius 2 is 1.94 bits per heavy atom. The quantitative estimate of drug-likeness (QED) is 0.746. The van der Waals surface area contributed by atoms with Crippen LogP contribution in [0.4, 0.5) is 13.2 Å². The van der Waals surface area contributed by atoms with Gasteiger partial charge in [0.15, 0.2) is 0 Å². The summed E-state index contributed by atoms with van der Waals surface area (Å²) in [5.41, 5.74) is -0.0142. The molecule has 0 bridgehead atoms. The van der Waals surface area contributed by atoms with Gasteiger partial charge in [-0.1, -0.05) is 0 Å². The Balaban J connectivity index is 2.21. The molecule has 7 heteroatoms. The topological polar surface area (TPSA) is 44.4 Å². The van der Waals surface area contributed by atoms with Gasteiger partial charge in [0.25, 0.3) is 0 Å². The molecule has 0 saturated heterocycles. The molecular weight excluding hydrogens is 247 g/mol. The molecule has 1 rings (SSSR count). The molecule has 1 amide bonds. The average Bonchev–Trinajstić information content (AvgIpc) is 2.13. The fourth-order valence-corrected chi connectivity index (χ4v) is 2.01. The van der Waals surface area contributed by atoms with E-state index in [0.29, 0.717) is 6.54 Å². The van der Waals surface area contributed by atoms with Crippen LogP contribution < -0.4 is 10.6 Å². The van der Waals surface area contributed by atoms with Crippen molar-refractivity contribution in [1.29, 1.82) is 0 Å². The van der Waals surface area contributed by atoms with Gasteiger partial charge in [0.05, 0.1) is 13.1 Å². The van der Waals surface area contributed by atoms with E-state index >= 15 is 0 Å². The Morgan fingerprint density at radius 1 is 1.33 bits per heavy atom. The molecule has 0 spiro atoms. The maximum Gasteiger partial charge on any atom is 0.401 e. The van der Waals surface area contributed by atoms with Gasteiger partial charge >= 0.3 is 6.18 Å². The summed E-state index contributed by atoms with van der Waals surface area (Å²) >= 11 is 0. The van der Waals surface area contributed by atoms with Crippen LogP contribution in [0.1, 0.15) is 19.3 Å². The minimum atomic E-state index is -4.28. The van der Waals surface area contributed by atoms with Crippen molar-refractivity contribution in [2.45, 2.75) is 31.0 Å². The normalized spacial score (nSPS) is 18.6. The Hall–Kier alpha value is -0.820. The van der Waals surface area contributed by atoms with Crippen molar-refractivity contribution in [3.8, 4) is 0 Å². The van der Waals surface area contributed by atoms with Crippen LogP contribution in [0, 0.1) is 0 Å². The first-order valence-corrected chi connectivity index (χ1v) is 5.97. The van der Waals surface area contributed by atoms with E-state index in [1.807, 2.05) is 14.1 Å². The number of likely N-dealkylation sites (N-methyl/N-ethyl adjacent to an activating group) is 1. The van der Waals surface area contributed by atoms with Crippen molar-refractivity contribution in [3.63, 3.8) is 0 Å². The number of alkyl halides is 3. The Kier molecular flexibility index (Phi) is 4.98. The smallest absolute Gasteiger partial charge is 0.353 e. The molecule has 0 atom stereocenters. The third-order valence-corrected chi connectivity index (χ3v) is 3.46. The molecule has 2 N–H and O–H groups in total. The largest absolute Gasteiger partial charge is 0.401 e. The predicted octanol–water partition coefficient (Wildman–Crippen LogP) is 0.739. The van der Waals surface area contributed by atoms with Gasteiger partial charge in [-0.15, -0.1) is 0 Å². The highest BCUT2D eigenvalue weighted by atomic mass is 19.4. The molecule has 0 heterocycles. The third-order valence-electron chi connectivity index (χ3n) is 3.46. The molecule has 1 aliphatic carbocycles. The molecule has 0 aromatic rings. The highest BCUT2D eigenvalue weighted by Crippen LogP contribution is 2.35. The Morgan fingerprint density at radius 3 is 2.33 bits per heavy atom. The van der Waals surface area contributed by atoms with Crippen molar-refractivity contribution in [2.24, 2.45) is 0 Å². The summed E-state index contributed by atoms with van der Waals surface area (Å²) in [6.07, 6.45) is -1.13. The van der Waals surface area contributed by atoms with E-state index in [1.54, 1.807) is 0 Å². The minimum Gasteiger partial charge on any atom is -0.353 e. The molecule has 1 saturated carbocycles. The second-order valence-electron chi connectivity index (χ2n) is 4.97. The Labute approximate surface area is 105 Å². The van der Waals surface area contributed by atoms with Crippen molar-refractivity contribution in [3.05, 3.63) is 0 Å². The number of amides is 1. The fraction of sp³-hybridized carbons (Fsp3) is 0.909. The van der Waals surface area contributed by atoms with Crippen LogP contribution in [0.3, 0.4) is 0 Å². The van der Waals surface area contributed by atoms with E-state index in [-0.39, 0.29) is 12.1 Å². The van der Waals surface area contributed by atoms with Gasteiger partial charge in [-0.2, -0.15) is 13.2 Å². The first-order chi connectivity index (χ1) is 8.25. The standard InChI is InChI=1S/C11H20F3N3O/c1-17(2)10(4-3-5-10)7-16-9(18)6-15-8-11(12,13)14/h15H,3-8H2,1-2H3,(H,16,18). The van der Waals surface area contributed by atoms with Gasteiger partial charge in [0, 0.05) is 12.1 Å². The van der Waals surface area contributed by atoms with E-state index in [2.05, 4.69) is 15.5 Å². The van der Waals surface area contributed by atoms with Crippen LogP contribution in [-0.2, 0) is 4.79 Å². The van der Waals surface area contributed by atoms with Crippen molar-refractivity contribution < 1.29 is 18.0 Å². The predicted molar refractivity (Wildman–Crippen MR) is 62.2 cm³/mol. The number of halogens is 3. The van der Waals surface area contributed by atoms with Gasteiger partial charge in [0.1, 0.15) is 0 Å². The second kappa shape index (κ2) is 5.88. The molecule has 1 aliphatic rings. The van der Waals surface area contributed by atoms with Gasteiger partial charge in [0.2, 0.25) is 5.91 Å². The zero-order chi connectivity index (χ0) is 13.8. The SMILES string of the molecule is CN(C)C1(CNC(=O)CNCC(F)(F)F)CCC1. The van der Waals surface area contributed by atoms with Crippen molar-refractivity contribution in [1.82, 2.24) is 15.5 Å². The fourth-order valence-electron chi connectivity index (χ4n) is 2.01. The van der Waals surface area contributed by atoms with Crippen molar-refractivity contribution >= 4 is 5.91 Å². The molecule has 0 aromatic carbocycles. The zero-order valence-corrected chi connectivity index (χ0v) is 10.7. The molecule has 0 radical (unpaired) electrons. The van der Waals surface area contributed by atoms with Crippen LogP contribution in [-0.4, -0.2) is 56.3 Å². The zero-order valence-electron chi connectivity index (χ0n) is 10.7.